The molecule has 0 aromatic rings. The maximum absolute atomic E-state index is 3.48. The average molecular weight is 192 g/mol. The highest BCUT2D eigenvalue weighted by molar-refractivity contribution is 9.09. The van der Waals surface area contributed by atoms with Crippen molar-refractivity contribution in [2.45, 2.75) is 31.7 Å². The Labute approximate surface area is 65.3 Å². The lowest BCUT2D eigenvalue weighted by atomic mass is 10.1. The van der Waals surface area contributed by atoms with E-state index in [1.54, 1.807) is 0 Å². The van der Waals surface area contributed by atoms with Gasteiger partial charge >= 0.3 is 0 Å². The number of nitrogens with one attached hydrogen (secondary N) is 1. The highest BCUT2D eigenvalue weighted by Crippen LogP contribution is 2.09. The third-order valence-corrected chi connectivity index (χ3v) is 2.63. The summed E-state index contributed by atoms with van der Waals surface area (Å²) in [6, 6.07) is 0.743. The fourth-order valence-corrected chi connectivity index (χ4v) is 1.79. The number of alkyl halides is 1. The molecule has 0 aliphatic carbocycles. The molecule has 0 saturated carbocycles. The zero-order valence-corrected chi connectivity index (χ0v) is 7.28. The monoisotopic (exact) mass is 191 g/mol. The van der Waals surface area contributed by atoms with Crippen molar-refractivity contribution in [2.75, 3.05) is 11.9 Å². The Kier molecular flexibility index (Phi) is 3.59. The molecule has 0 bridgehead atoms. The predicted octanol–water partition coefficient (Wildman–Crippen LogP) is 1.91. The van der Waals surface area contributed by atoms with Gasteiger partial charge < -0.3 is 5.32 Å². The lowest BCUT2D eigenvalue weighted by molar-refractivity contribution is 0.560. The molecule has 9 heavy (non-hydrogen) atoms. The van der Waals surface area contributed by atoms with E-state index in [9.17, 15) is 0 Å². The summed E-state index contributed by atoms with van der Waals surface area (Å²) in [4.78, 5) is 0. The molecule has 2 heteroatoms. The van der Waals surface area contributed by atoms with Crippen molar-refractivity contribution in [1.29, 1.82) is 0 Å². The molecule has 1 unspecified atom stereocenters. The van der Waals surface area contributed by atoms with Gasteiger partial charge in [0.2, 0.25) is 0 Å². The summed E-state index contributed by atoms with van der Waals surface area (Å²) in [5, 5.41) is 4.60. The van der Waals surface area contributed by atoms with Gasteiger partial charge in [0, 0.05) is 11.4 Å². The van der Waals surface area contributed by atoms with Crippen molar-refractivity contribution >= 4 is 15.9 Å². The van der Waals surface area contributed by atoms with E-state index in [2.05, 4.69) is 21.2 Å². The minimum Gasteiger partial charge on any atom is -0.313 e. The van der Waals surface area contributed by atoms with Crippen LogP contribution < -0.4 is 5.32 Å². The second-order valence-corrected chi connectivity index (χ2v) is 3.30. The lowest BCUT2D eigenvalue weighted by Crippen LogP contribution is -2.29. The van der Waals surface area contributed by atoms with Crippen LogP contribution in [0.15, 0.2) is 0 Å². The molecule has 1 N–H and O–H groups in total. The fraction of sp³-hybridized carbons (Fsp3) is 1.00. The van der Waals surface area contributed by atoms with E-state index in [0.29, 0.717) is 0 Å². The van der Waals surface area contributed by atoms with Crippen LogP contribution in [0.5, 0.6) is 0 Å². The quantitative estimate of drug-likeness (QED) is 0.626. The molecular formula is C7H14BrN. The highest BCUT2D eigenvalue weighted by atomic mass is 79.9. The molecule has 0 radical (unpaired) electrons. The maximum Gasteiger partial charge on any atom is 0.0186 e. The van der Waals surface area contributed by atoms with E-state index in [-0.39, 0.29) is 0 Å². The molecule has 1 saturated heterocycles. The molecular weight excluding hydrogens is 178 g/mol. The second kappa shape index (κ2) is 4.29. The van der Waals surface area contributed by atoms with Gasteiger partial charge in [0.25, 0.3) is 0 Å². The summed E-state index contributed by atoms with van der Waals surface area (Å²) < 4.78 is 0. The zero-order valence-electron chi connectivity index (χ0n) is 5.70. The van der Waals surface area contributed by atoms with Gasteiger partial charge in [-0.15, -0.1) is 0 Å². The van der Waals surface area contributed by atoms with Gasteiger partial charge in [-0.3, -0.25) is 0 Å². The number of rotatable bonds is 1. The Morgan fingerprint density at radius 1 is 1.33 bits per heavy atom. The van der Waals surface area contributed by atoms with Crippen molar-refractivity contribution in [1.82, 2.24) is 5.32 Å². The predicted molar refractivity (Wildman–Crippen MR) is 44.1 cm³/mol. The molecule has 1 rings (SSSR count). The first-order chi connectivity index (χ1) is 4.43. The van der Waals surface area contributed by atoms with Gasteiger partial charge in [-0.25, -0.2) is 0 Å². The summed E-state index contributed by atoms with van der Waals surface area (Å²) in [6.45, 7) is 1.22. The van der Waals surface area contributed by atoms with Crippen molar-refractivity contribution in [3.05, 3.63) is 0 Å². The van der Waals surface area contributed by atoms with E-state index in [4.69, 9.17) is 0 Å². The molecule has 1 heterocycles. The molecule has 54 valence electrons. The number of halogens is 1. The van der Waals surface area contributed by atoms with E-state index in [0.717, 1.165) is 11.4 Å². The van der Waals surface area contributed by atoms with E-state index >= 15 is 0 Å². The Morgan fingerprint density at radius 2 is 2.22 bits per heavy atom. The lowest BCUT2D eigenvalue weighted by Gasteiger charge is -2.10. The van der Waals surface area contributed by atoms with Crippen LogP contribution in [0.2, 0.25) is 0 Å². The van der Waals surface area contributed by atoms with Gasteiger partial charge in [-0.2, -0.15) is 0 Å². The third kappa shape index (κ3) is 2.67. The van der Waals surface area contributed by atoms with Gasteiger partial charge in [0.15, 0.2) is 0 Å². The van der Waals surface area contributed by atoms with Crippen LogP contribution in [0.3, 0.4) is 0 Å². The Morgan fingerprint density at radius 3 is 3.00 bits per heavy atom. The molecule has 0 spiro atoms. The first-order valence-corrected chi connectivity index (χ1v) is 4.85. The van der Waals surface area contributed by atoms with Crippen LogP contribution in [0.4, 0.5) is 0 Å². The molecule has 0 aromatic heterocycles. The zero-order chi connectivity index (χ0) is 6.53. The highest BCUT2D eigenvalue weighted by Gasteiger charge is 2.08. The molecule has 0 aromatic carbocycles. The van der Waals surface area contributed by atoms with Crippen LogP contribution in [-0.4, -0.2) is 17.9 Å². The van der Waals surface area contributed by atoms with Gasteiger partial charge in [0.1, 0.15) is 0 Å². The average Bonchev–Trinajstić information content (AvgIpc) is 2.13. The Hall–Kier alpha value is 0.440. The first-order valence-electron chi connectivity index (χ1n) is 3.73. The van der Waals surface area contributed by atoms with Crippen molar-refractivity contribution in [3.63, 3.8) is 0 Å². The van der Waals surface area contributed by atoms with Crippen molar-refractivity contribution < 1.29 is 0 Å². The molecule has 1 aliphatic heterocycles. The summed E-state index contributed by atoms with van der Waals surface area (Å²) in [7, 11) is 0. The number of hydrogen-bond donors (Lipinski definition) is 1. The van der Waals surface area contributed by atoms with Crippen LogP contribution in [0.25, 0.3) is 0 Å². The molecule has 1 nitrogen and oxygen atoms in total. The van der Waals surface area contributed by atoms with Crippen LogP contribution in [-0.2, 0) is 0 Å². The fourth-order valence-electron chi connectivity index (χ4n) is 1.23. The molecule has 0 amide bonds. The normalized spacial score (nSPS) is 29.7. The largest absolute Gasteiger partial charge is 0.313 e. The second-order valence-electron chi connectivity index (χ2n) is 2.65. The molecule has 1 atom stereocenters. The maximum atomic E-state index is 3.48. The smallest absolute Gasteiger partial charge is 0.0186 e. The van der Waals surface area contributed by atoms with Crippen LogP contribution in [0, 0.1) is 0 Å². The van der Waals surface area contributed by atoms with Gasteiger partial charge in [-0.05, 0) is 19.4 Å². The van der Waals surface area contributed by atoms with Crippen molar-refractivity contribution in [3.8, 4) is 0 Å². The van der Waals surface area contributed by atoms with Gasteiger partial charge in [0.05, 0.1) is 0 Å². The summed E-state index contributed by atoms with van der Waals surface area (Å²) >= 11 is 3.48. The molecule has 1 fully saturated rings. The molecule has 1 aliphatic rings. The van der Waals surface area contributed by atoms with E-state index in [1.165, 1.54) is 32.2 Å². The third-order valence-electron chi connectivity index (χ3n) is 1.85. The van der Waals surface area contributed by atoms with E-state index < -0.39 is 0 Å². The minimum atomic E-state index is 0.743. The van der Waals surface area contributed by atoms with Crippen LogP contribution in [0.1, 0.15) is 25.7 Å². The number of hydrogen-bond acceptors (Lipinski definition) is 1. The van der Waals surface area contributed by atoms with E-state index in [1.807, 2.05) is 0 Å². The van der Waals surface area contributed by atoms with Crippen LogP contribution >= 0.6 is 15.9 Å². The minimum absolute atomic E-state index is 0.743. The SMILES string of the molecule is BrCC1CCCCCN1. The van der Waals surface area contributed by atoms with Gasteiger partial charge in [-0.1, -0.05) is 28.8 Å². The summed E-state index contributed by atoms with van der Waals surface area (Å²) in [5.41, 5.74) is 0. The van der Waals surface area contributed by atoms with Crippen molar-refractivity contribution in [2.24, 2.45) is 0 Å². The standard InChI is InChI=1S/C7H14BrN/c8-6-7-4-2-1-3-5-9-7/h7,9H,1-6H2. The first kappa shape index (κ1) is 7.55. The summed E-state index contributed by atoms with van der Waals surface area (Å²) in [6.07, 6.45) is 5.54. The Balaban J connectivity index is 2.18. The summed E-state index contributed by atoms with van der Waals surface area (Å²) in [5.74, 6) is 0. The Bertz CT molecular complexity index is 67.3. The topological polar surface area (TPSA) is 12.0 Å².